The van der Waals surface area contributed by atoms with E-state index in [0.717, 1.165) is 44.3 Å². The standard InChI is InChI=1S/C16H23NO3.C8H17NO/c1-3-16(19-2)9-11-17(12-10-16)15(18)20-13-14-7-5-4-6-8-14;1-3-8(10-2)4-6-9-7-5-8/h4-8H,3,9-13H2,1-2H3;9H,3-7H2,1-2H3. The third-order valence-corrected chi connectivity index (χ3v) is 6.81. The number of likely N-dealkylation sites (tertiary alicyclic amines) is 1. The van der Waals surface area contributed by atoms with E-state index in [1.165, 1.54) is 12.8 Å². The van der Waals surface area contributed by atoms with Gasteiger partial charge < -0.3 is 24.4 Å². The van der Waals surface area contributed by atoms with Gasteiger partial charge >= 0.3 is 6.09 Å². The first-order chi connectivity index (χ1) is 14.5. The molecule has 0 saturated carbocycles. The van der Waals surface area contributed by atoms with E-state index in [9.17, 15) is 4.79 Å². The SMILES string of the molecule is CCC1(OC)CCN(C(=O)OCc2ccccc2)CC1.CCC1(OC)CCNCC1. The van der Waals surface area contributed by atoms with Crippen LogP contribution in [-0.4, -0.2) is 62.6 Å². The summed E-state index contributed by atoms with van der Waals surface area (Å²) in [6, 6.07) is 9.74. The van der Waals surface area contributed by atoms with Crippen LogP contribution in [-0.2, 0) is 20.8 Å². The molecule has 0 aliphatic carbocycles. The highest BCUT2D eigenvalue weighted by molar-refractivity contribution is 5.67. The predicted molar refractivity (Wildman–Crippen MR) is 120 cm³/mol. The molecule has 2 saturated heterocycles. The maximum atomic E-state index is 12.0. The van der Waals surface area contributed by atoms with Crippen molar-refractivity contribution in [1.82, 2.24) is 10.2 Å². The van der Waals surface area contributed by atoms with Crippen LogP contribution < -0.4 is 5.32 Å². The van der Waals surface area contributed by atoms with Gasteiger partial charge in [0, 0.05) is 27.3 Å². The Kier molecular flexibility index (Phi) is 10.1. The fraction of sp³-hybridized carbons (Fsp3) is 0.708. The van der Waals surface area contributed by atoms with E-state index in [1.54, 1.807) is 12.0 Å². The van der Waals surface area contributed by atoms with Gasteiger partial charge in [0.05, 0.1) is 11.2 Å². The third kappa shape index (κ3) is 6.96. The van der Waals surface area contributed by atoms with Crippen LogP contribution in [0.4, 0.5) is 4.79 Å². The van der Waals surface area contributed by atoms with Gasteiger partial charge in [0.15, 0.2) is 0 Å². The highest BCUT2D eigenvalue weighted by Gasteiger charge is 2.34. The molecule has 0 bridgehead atoms. The molecule has 0 spiro atoms. The molecule has 2 aliphatic rings. The minimum Gasteiger partial charge on any atom is -0.445 e. The first-order valence-electron chi connectivity index (χ1n) is 11.3. The second-order valence-electron chi connectivity index (χ2n) is 8.26. The molecular formula is C24H40N2O4. The van der Waals surface area contributed by atoms with E-state index in [1.807, 2.05) is 37.4 Å². The van der Waals surface area contributed by atoms with Gasteiger partial charge in [0.1, 0.15) is 6.61 Å². The summed E-state index contributed by atoms with van der Waals surface area (Å²) >= 11 is 0. The zero-order valence-electron chi connectivity index (χ0n) is 19.2. The second kappa shape index (κ2) is 12.3. The van der Waals surface area contributed by atoms with Crippen LogP contribution in [0.1, 0.15) is 57.9 Å². The van der Waals surface area contributed by atoms with E-state index < -0.39 is 0 Å². The van der Waals surface area contributed by atoms with Crippen molar-refractivity contribution in [1.29, 1.82) is 0 Å². The lowest BCUT2D eigenvalue weighted by atomic mass is 9.89. The number of carbonyl (C=O) groups is 1. The largest absolute Gasteiger partial charge is 0.445 e. The van der Waals surface area contributed by atoms with E-state index >= 15 is 0 Å². The molecule has 6 heteroatoms. The van der Waals surface area contributed by atoms with Crippen LogP contribution in [0.25, 0.3) is 0 Å². The van der Waals surface area contributed by atoms with Crippen LogP contribution in [0.3, 0.4) is 0 Å². The van der Waals surface area contributed by atoms with Crippen molar-refractivity contribution in [3.05, 3.63) is 35.9 Å². The third-order valence-electron chi connectivity index (χ3n) is 6.81. The summed E-state index contributed by atoms with van der Waals surface area (Å²) < 4.78 is 16.4. The Bertz CT molecular complexity index is 597. The Morgan fingerprint density at radius 2 is 1.47 bits per heavy atom. The number of hydrogen-bond acceptors (Lipinski definition) is 5. The Morgan fingerprint density at radius 1 is 0.933 bits per heavy atom. The normalized spacial score (nSPS) is 20.1. The first-order valence-corrected chi connectivity index (χ1v) is 11.3. The average Bonchev–Trinajstić information content (AvgIpc) is 2.84. The molecule has 0 aromatic heterocycles. The van der Waals surface area contributed by atoms with Gasteiger partial charge in [-0.1, -0.05) is 44.2 Å². The molecule has 1 aromatic rings. The van der Waals surface area contributed by atoms with Crippen molar-refractivity contribution in [2.45, 2.75) is 70.2 Å². The molecule has 30 heavy (non-hydrogen) atoms. The quantitative estimate of drug-likeness (QED) is 0.740. The summed E-state index contributed by atoms with van der Waals surface area (Å²) in [5.74, 6) is 0. The molecule has 170 valence electrons. The Morgan fingerprint density at radius 3 is 1.93 bits per heavy atom. The maximum Gasteiger partial charge on any atom is 0.410 e. The Hall–Kier alpha value is -1.63. The molecule has 2 fully saturated rings. The van der Waals surface area contributed by atoms with E-state index in [4.69, 9.17) is 14.2 Å². The van der Waals surface area contributed by atoms with Crippen molar-refractivity contribution in [2.75, 3.05) is 40.4 Å². The number of carbonyl (C=O) groups excluding carboxylic acids is 1. The van der Waals surface area contributed by atoms with Crippen LogP contribution in [0, 0.1) is 0 Å². The topological polar surface area (TPSA) is 60.0 Å². The smallest absolute Gasteiger partial charge is 0.410 e. The molecule has 3 rings (SSSR count). The fourth-order valence-corrected chi connectivity index (χ4v) is 4.19. The number of hydrogen-bond donors (Lipinski definition) is 1. The number of amides is 1. The summed E-state index contributed by atoms with van der Waals surface area (Å²) in [6.07, 6.45) is 5.98. The van der Waals surface area contributed by atoms with Crippen molar-refractivity contribution in [2.24, 2.45) is 0 Å². The van der Waals surface area contributed by atoms with Crippen molar-refractivity contribution in [3.63, 3.8) is 0 Å². The number of benzene rings is 1. The van der Waals surface area contributed by atoms with Crippen LogP contribution in [0.5, 0.6) is 0 Å². The molecule has 0 radical (unpaired) electrons. The molecule has 6 nitrogen and oxygen atoms in total. The lowest BCUT2D eigenvalue weighted by molar-refractivity contribution is -0.0575. The molecule has 2 heterocycles. The summed E-state index contributed by atoms with van der Waals surface area (Å²) in [5.41, 5.74) is 1.15. The van der Waals surface area contributed by atoms with Gasteiger partial charge in [0.2, 0.25) is 0 Å². The van der Waals surface area contributed by atoms with Crippen molar-refractivity contribution >= 4 is 6.09 Å². The van der Waals surface area contributed by atoms with Gasteiger partial charge in [0.25, 0.3) is 0 Å². The number of ether oxygens (including phenoxy) is 3. The highest BCUT2D eigenvalue weighted by atomic mass is 16.6. The van der Waals surface area contributed by atoms with Gasteiger partial charge in [-0.2, -0.15) is 0 Å². The lowest BCUT2D eigenvalue weighted by Gasteiger charge is -2.39. The summed E-state index contributed by atoms with van der Waals surface area (Å²) in [4.78, 5) is 13.8. The summed E-state index contributed by atoms with van der Waals surface area (Å²) in [6.45, 7) is 8.30. The molecule has 0 atom stereocenters. The van der Waals surface area contributed by atoms with E-state index in [2.05, 4.69) is 19.2 Å². The van der Waals surface area contributed by atoms with Gasteiger partial charge in [-0.3, -0.25) is 0 Å². The van der Waals surface area contributed by atoms with E-state index in [0.29, 0.717) is 19.7 Å². The Labute approximate surface area is 182 Å². The van der Waals surface area contributed by atoms with Gasteiger partial charge in [-0.05, 0) is 57.2 Å². The van der Waals surface area contributed by atoms with Crippen molar-refractivity contribution < 1.29 is 19.0 Å². The predicted octanol–water partition coefficient (Wildman–Crippen LogP) is 4.38. The monoisotopic (exact) mass is 420 g/mol. The van der Waals surface area contributed by atoms with Crippen molar-refractivity contribution in [3.8, 4) is 0 Å². The zero-order valence-corrected chi connectivity index (χ0v) is 19.2. The molecule has 0 unspecified atom stereocenters. The van der Waals surface area contributed by atoms with Crippen LogP contribution in [0.15, 0.2) is 30.3 Å². The minimum atomic E-state index is -0.227. The maximum absolute atomic E-state index is 12.0. The number of piperidine rings is 2. The fourth-order valence-electron chi connectivity index (χ4n) is 4.19. The number of nitrogens with one attached hydrogen (secondary N) is 1. The number of rotatable bonds is 6. The highest BCUT2D eigenvalue weighted by Crippen LogP contribution is 2.29. The summed E-state index contributed by atoms with van der Waals surface area (Å²) in [5, 5.41) is 3.33. The zero-order chi connectivity index (χ0) is 21.9. The molecule has 2 aliphatic heterocycles. The minimum absolute atomic E-state index is 0.0593. The van der Waals surface area contributed by atoms with Crippen LogP contribution >= 0.6 is 0 Å². The van der Waals surface area contributed by atoms with Crippen LogP contribution in [0.2, 0.25) is 0 Å². The molecule has 1 aromatic carbocycles. The number of methoxy groups -OCH3 is 2. The average molecular weight is 421 g/mol. The molecule has 1 N–H and O–H groups in total. The second-order valence-corrected chi connectivity index (χ2v) is 8.26. The first kappa shape index (κ1) is 24.6. The molecule has 1 amide bonds. The lowest BCUT2D eigenvalue weighted by Crippen LogP contribution is -2.47. The van der Waals surface area contributed by atoms with Gasteiger partial charge in [-0.25, -0.2) is 4.79 Å². The summed E-state index contributed by atoms with van der Waals surface area (Å²) in [7, 11) is 3.59. The van der Waals surface area contributed by atoms with E-state index in [-0.39, 0.29) is 17.3 Å². The Balaban J connectivity index is 0.000000269. The number of nitrogens with zero attached hydrogens (tertiary/aromatic N) is 1. The molecular weight excluding hydrogens is 380 g/mol. The van der Waals surface area contributed by atoms with Gasteiger partial charge in [-0.15, -0.1) is 0 Å².